The van der Waals surface area contributed by atoms with Crippen LogP contribution in [0, 0.1) is 5.92 Å². The summed E-state index contributed by atoms with van der Waals surface area (Å²) in [7, 11) is 0. The highest BCUT2D eigenvalue weighted by atomic mass is 16.2. The Morgan fingerprint density at radius 3 is 2.53 bits per heavy atom. The monoisotopic (exact) mass is 210 g/mol. The molecule has 3 nitrogen and oxygen atoms in total. The van der Waals surface area contributed by atoms with Gasteiger partial charge in [0, 0.05) is 12.6 Å². The first-order valence-electron chi connectivity index (χ1n) is 6.14. The van der Waals surface area contributed by atoms with E-state index in [1.807, 2.05) is 4.90 Å². The van der Waals surface area contributed by atoms with Gasteiger partial charge in [0.25, 0.3) is 0 Å². The fraction of sp³-hybridized carbons (Fsp3) is 0.917. The van der Waals surface area contributed by atoms with Crippen molar-refractivity contribution in [1.82, 2.24) is 4.90 Å². The topological polar surface area (TPSA) is 46.3 Å². The normalized spacial score (nSPS) is 29.3. The molecule has 0 radical (unpaired) electrons. The highest BCUT2D eigenvalue weighted by Crippen LogP contribution is 2.34. The molecule has 1 aliphatic heterocycles. The zero-order chi connectivity index (χ0) is 11.1. The van der Waals surface area contributed by atoms with Crippen molar-refractivity contribution in [3.8, 4) is 0 Å². The molecule has 1 saturated carbocycles. The lowest BCUT2D eigenvalue weighted by Crippen LogP contribution is -2.60. The molecule has 2 rings (SSSR count). The molecule has 86 valence electrons. The first kappa shape index (κ1) is 10.9. The first-order valence-corrected chi connectivity index (χ1v) is 6.14. The predicted octanol–water partition coefficient (Wildman–Crippen LogP) is 1.51. The number of nitrogens with zero attached hydrogens (tertiary/aromatic N) is 1. The standard InChI is InChI=1S/C12H22N2O/c1-9(2)10-5-3-8-14(10)11(15)12(13)6-4-7-12/h9-10H,3-8,13H2,1-2H3. The highest BCUT2D eigenvalue weighted by Gasteiger charge is 2.45. The molecule has 3 heteroatoms. The van der Waals surface area contributed by atoms with Gasteiger partial charge in [0.2, 0.25) is 5.91 Å². The minimum Gasteiger partial charge on any atom is -0.338 e. The Kier molecular flexibility index (Phi) is 2.75. The van der Waals surface area contributed by atoms with Gasteiger partial charge < -0.3 is 10.6 Å². The zero-order valence-corrected chi connectivity index (χ0v) is 9.83. The van der Waals surface area contributed by atoms with E-state index < -0.39 is 5.54 Å². The van der Waals surface area contributed by atoms with Crippen LogP contribution in [0.15, 0.2) is 0 Å². The molecule has 0 bridgehead atoms. The molecule has 2 fully saturated rings. The number of likely N-dealkylation sites (tertiary alicyclic amines) is 1. The van der Waals surface area contributed by atoms with Crippen LogP contribution in [0.25, 0.3) is 0 Å². The van der Waals surface area contributed by atoms with E-state index in [0.29, 0.717) is 12.0 Å². The maximum absolute atomic E-state index is 12.3. The van der Waals surface area contributed by atoms with Crippen molar-refractivity contribution < 1.29 is 4.79 Å². The van der Waals surface area contributed by atoms with Crippen molar-refractivity contribution in [3.63, 3.8) is 0 Å². The van der Waals surface area contributed by atoms with Crippen molar-refractivity contribution in [2.45, 2.75) is 57.5 Å². The Bertz CT molecular complexity index is 258. The molecule has 0 spiro atoms. The Balaban J connectivity index is 2.06. The molecule has 0 aromatic heterocycles. The molecule has 1 amide bonds. The van der Waals surface area contributed by atoms with Crippen LogP contribution in [0.1, 0.15) is 46.0 Å². The SMILES string of the molecule is CC(C)C1CCCN1C(=O)C1(N)CCC1. The molecule has 1 heterocycles. The molecule has 2 N–H and O–H groups in total. The third-order valence-corrected chi connectivity index (χ3v) is 4.00. The minimum atomic E-state index is -0.502. The van der Waals surface area contributed by atoms with Crippen LogP contribution in [0.3, 0.4) is 0 Å². The Morgan fingerprint density at radius 1 is 1.40 bits per heavy atom. The average molecular weight is 210 g/mol. The van der Waals surface area contributed by atoms with Gasteiger partial charge in [0.15, 0.2) is 0 Å². The predicted molar refractivity (Wildman–Crippen MR) is 60.3 cm³/mol. The van der Waals surface area contributed by atoms with Crippen molar-refractivity contribution in [2.24, 2.45) is 11.7 Å². The van der Waals surface area contributed by atoms with E-state index in [4.69, 9.17) is 5.73 Å². The van der Waals surface area contributed by atoms with Gasteiger partial charge in [-0.15, -0.1) is 0 Å². The lowest BCUT2D eigenvalue weighted by molar-refractivity contribution is -0.141. The fourth-order valence-corrected chi connectivity index (χ4v) is 2.80. The molecule has 1 saturated heterocycles. The Labute approximate surface area is 92.0 Å². The lowest BCUT2D eigenvalue weighted by atomic mass is 9.76. The summed E-state index contributed by atoms with van der Waals surface area (Å²) < 4.78 is 0. The highest BCUT2D eigenvalue weighted by molar-refractivity contribution is 5.87. The molecule has 1 unspecified atom stereocenters. The molecule has 0 aromatic carbocycles. The number of amides is 1. The van der Waals surface area contributed by atoms with E-state index in [9.17, 15) is 4.79 Å². The third-order valence-electron chi connectivity index (χ3n) is 4.00. The number of nitrogens with two attached hydrogens (primary N) is 1. The maximum atomic E-state index is 12.3. The fourth-order valence-electron chi connectivity index (χ4n) is 2.80. The minimum absolute atomic E-state index is 0.213. The van der Waals surface area contributed by atoms with Gasteiger partial charge in [-0.25, -0.2) is 0 Å². The van der Waals surface area contributed by atoms with E-state index >= 15 is 0 Å². The number of carbonyl (C=O) groups is 1. The second-order valence-corrected chi connectivity index (χ2v) is 5.46. The molecule has 1 aliphatic carbocycles. The smallest absolute Gasteiger partial charge is 0.242 e. The lowest BCUT2D eigenvalue weighted by Gasteiger charge is -2.41. The van der Waals surface area contributed by atoms with Gasteiger partial charge in [0.1, 0.15) is 0 Å². The summed E-state index contributed by atoms with van der Waals surface area (Å²) in [4.78, 5) is 14.3. The quantitative estimate of drug-likeness (QED) is 0.751. The number of carbonyl (C=O) groups excluding carboxylic acids is 1. The summed E-state index contributed by atoms with van der Waals surface area (Å²) in [6, 6.07) is 0.429. The van der Waals surface area contributed by atoms with Crippen LogP contribution < -0.4 is 5.73 Å². The molecule has 2 aliphatic rings. The number of hydrogen-bond donors (Lipinski definition) is 1. The van der Waals surface area contributed by atoms with Crippen molar-refractivity contribution in [3.05, 3.63) is 0 Å². The van der Waals surface area contributed by atoms with Crippen molar-refractivity contribution in [2.75, 3.05) is 6.54 Å². The molecule has 15 heavy (non-hydrogen) atoms. The van der Waals surface area contributed by atoms with Crippen LogP contribution in [0.2, 0.25) is 0 Å². The van der Waals surface area contributed by atoms with Crippen molar-refractivity contribution >= 4 is 5.91 Å². The van der Waals surface area contributed by atoms with E-state index in [1.54, 1.807) is 0 Å². The van der Waals surface area contributed by atoms with Gasteiger partial charge >= 0.3 is 0 Å². The first-order chi connectivity index (χ1) is 7.04. The van der Waals surface area contributed by atoms with Gasteiger partial charge in [-0.2, -0.15) is 0 Å². The average Bonchev–Trinajstić information content (AvgIpc) is 2.61. The zero-order valence-electron chi connectivity index (χ0n) is 9.83. The van der Waals surface area contributed by atoms with Crippen molar-refractivity contribution in [1.29, 1.82) is 0 Å². The van der Waals surface area contributed by atoms with Gasteiger partial charge in [-0.05, 0) is 38.0 Å². The van der Waals surface area contributed by atoms with Crippen LogP contribution >= 0.6 is 0 Å². The van der Waals surface area contributed by atoms with Gasteiger partial charge in [0.05, 0.1) is 5.54 Å². The van der Waals surface area contributed by atoms with E-state index in [-0.39, 0.29) is 5.91 Å². The van der Waals surface area contributed by atoms with Gasteiger partial charge in [-0.1, -0.05) is 13.8 Å². The van der Waals surface area contributed by atoms with E-state index in [0.717, 1.165) is 38.6 Å². The summed E-state index contributed by atoms with van der Waals surface area (Å²) in [6.07, 6.45) is 5.17. The van der Waals surface area contributed by atoms with E-state index in [2.05, 4.69) is 13.8 Å². The molecular formula is C12H22N2O. The number of rotatable bonds is 2. The summed E-state index contributed by atoms with van der Waals surface area (Å²) in [5.41, 5.74) is 5.59. The third kappa shape index (κ3) is 1.78. The number of hydrogen-bond acceptors (Lipinski definition) is 2. The molecule has 0 aromatic rings. The summed E-state index contributed by atoms with van der Waals surface area (Å²) in [5.74, 6) is 0.769. The second kappa shape index (κ2) is 3.78. The van der Waals surface area contributed by atoms with Crippen LogP contribution in [-0.2, 0) is 4.79 Å². The van der Waals surface area contributed by atoms with Crippen LogP contribution in [-0.4, -0.2) is 28.9 Å². The maximum Gasteiger partial charge on any atom is 0.242 e. The van der Waals surface area contributed by atoms with E-state index in [1.165, 1.54) is 0 Å². The van der Waals surface area contributed by atoms with Gasteiger partial charge in [-0.3, -0.25) is 4.79 Å². The Hall–Kier alpha value is -0.570. The Morgan fingerprint density at radius 2 is 2.07 bits per heavy atom. The molecule has 1 atom stereocenters. The van der Waals surface area contributed by atoms with Crippen LogP contribution in [0.5, 0.6) is 0 Å². The largest absolute Gasteiger partial charge is 0.338 e. The van der Waals surface area contributed by atoms with Crippen LogP contribution in [0.4, 0.5) is 0 Å². The summed E-state index contributed by atoms with van der Waals surface area (Å²) in [5, 5.41) is 0. The molecular weight excluding hydrogens is 188 g/mol. The summed E-state index contributed by atoms with van der Waals surface area (Å²) in [6.45, 7) is 5.31. The summed E-state index contributed by atoms with van der Waals surface area (Å²) >= 11 is 0. The second-order valence-electron chi connectivity index (χ2n) is 5.46.